The fraction of sp³-hybridized carbons (Fsp3) is 0.0769. The molecular formula is C13H7F3N2OS. The fourth-order valence-electron chi connectivity index (χ4n) is 2.06. The number of halogens is 3. The summed E-state index contributed by atoms with van der Waals surface area (Å²) in [5, 5.41) is 3.94. The molecule has 0 saturated carbocycles. The molecule has 0 fully saturated rings. The van der Waals surface area contributed by atoms with Gasteiger partial charge in [-0.05, 0) is 23.6 Å². The quantitative estimate of drug-likeness (QED) is 0.817. The van der Waals surface area contributed by atoms with Crippen molar-refractivity contribution in [3.63, 3.8) is 0 Å². The summed E-state index contributed by atoms with van der Waals surface area (Å²) in [7, 11) is 0. The summed E-state index contributed by atoms with van der Waals surface area (Å²) in [5.41, 5.74) is -1.03. The first-order chi connectivity index (χ1) is 9.48. The Hall–Kier alpha value is -2.15. The number of nitrogens with one attached hydrogen (secondary N) is 1. The lowest BCUT2D eigenvalue weighted by Gasteiger charge is -2.12. The summed E-state index contributed by atoms with van der Waals surface area (Å²) in [6.07, 6.45) is -3.27. The van der Waals surface area contributed by atoms with Gasteiger partial charge in [-0.25, -0.2) is 0 Å². The van der Waals surface area contributed by atoms with E-state index in [-0.39, 0.29) is 10.6 Å². The van der Waals surface area contributed by atoms with E-state index in [0.717, 1.165) is 11.3 Å². The number of amides is 1. The van der Waals surface area contributed by atoms with Gasteiger partial charge in [-0.2, -0.15) is 13.2 Å². The molecule has 7 heteroatoms. The molecule has 0 radical (unpaired) electrons. The maximum Gasteiger partial charge on any atom is 0.418 e. The van der Waals surface area contributed by atoms with Crippen LogP contribution >= 0.6 is 11.3 Å². The standard InChI is InChI=1S/C13H7F3N2OS/c14-13(15,16)10(8-4-2-6-20-8)9-11-7(18-12(9)19)3-1-5-17-11/h1-6H,(H,18,19). The molecule has 2 aromatic rings. The third kappa shape index (κ3) is 2.00. The van der Waals surface area contributed by atoms with Crippen molar-refractivity contribution in [2.75, 3.05) is 5.32 Å². The molecule has 0 atom stereocenters. The number of hydrogen-bond donors (Lipinski definition) is 1. The molecule has 0 aliphatic carbocycles. The Morgan fingerprint density at radius 3 is 2.70 bits per heavy atom. The monoisotopic (exact) mass is 296 g/mol. The summed E-state index contributed by atoms with van der Waals surface area (Å²) < 4.78 is 40.0. The molecular weight excluding hydrogens is 289 g/mol. The molecule has 0 aromatic carbocycles. The average Bonchev–Trinajstić information content (AvgIpc) is 2.98. The molecule has 0 bridgehead atoms. The maximum absolute atomic E-state index is 13.3. The summed E-state index contributed by atoms with van der Waals surface area (Å²) >= 11 is 0.936. The fourth-order valence-corrected chi connectivity index (χ4v) is 2.85. The van der Waals surface area contributed by atoms with Crippen LogP contribution in [0, 0.1) is 0 Å². The Morgan fingerprint density at radius 1 is 1.25 bits per heavy atom. The second-order valence-electron chi connectivity index (χ2n) is 4.08. The topological polar surface area (TPSA) is 42.0 Å². The number of allylic oxidation sites excluding steroid dienone is 1. The van der Waals surface area contributed by atoms with Crippen LogP contribution in [0.3, 0.4) is 0 Å². The van der Waals surface area contributed by atoms with Gasteiger partial charge in [0.1, 0.15) is 0 Å². The lowest BCUT2D eigenvalue weighted by atomic mass is 10.0. The molecule has 0 saturated heterocycles. The maximum atomic E-state index is 13.3. The van der Waals surface area contributed by atoms with Crippen LogP contribution in [-0.4, -0.2) is 17.1 Å². The highest BCUT2D eigenvalue weighted by molar-refractivity contribution is 7.11. The van der Waals surface area contributed by atoms with Crippen LogP contribution < -0.4 is 5.32 Å². The first-order valence-corrected chi connectivity index (χ1v) is 6.48. The van der Waals surface area contributed by atoms with Crippen LogP contribution in [0.1, 0.15) is 10.6 Å². The second kappa shape index (κ2) is 4.45. The van der Waals surface area contributed by atoms with Crippen molar-refractivity contribution in [1.82, 2.24) is 4.98 Å². The molecule has 3 nitrogen and oxygen atoms in total. The number of carbonyl (C=O) groups excluding carboxylic acids is 1. The minimum absolute atomic E-state index is 0.00107. The lowest BCUT2D eigenvalue weighted by Crippen LogP contribution is -2.16. The van der Waals surface area contributed by atoms with Gasteiger partial charge in [-0.3, -0.25) is 9.78 Å². The number of aromatic nitrogens is 1. The Bertz CT molecular complexity index is 705. The van der Waals surface area contributed by atoms with E-state index in [1.165, 1.54) is 29.8 Å². The summed E-state index contributed by atoms with van der Waals surface area (Å²) in [4.78, 5) is 15.8. The van der Waals surface area contributed by atoms with Gasteiger partial charge in [-0.1, -0.05) is 6.07 Å². The number of fused-ring (bicyclic) bond motifs is 1. The highest BCUT2D eigenvalue weighted by atomic mass is 32.1. The van der Waals surface area contributed by atoms with E-state index in [0.29, 0.717) is 5.69 Å². The van der Waals surface area contributed by atoms with Crippen LogP contribution in [0.2, 0.25) is 0 Å². The van der Waals surface area contributed by atoms with E-state index in [9.17, 15) is 18.0 Å². The average molecular weight is 296 g/mol. The van der Waals surface area contributed by atoms with Crippen molar-refractivity contribution in [2.24, 2.45) is 0 Å². The van der Waals surface area contributed by atoms with E-state index in [1.54, 1.807) is 6.07 Å². The number of carbonyl (C=O) groups is 1. The molecule has 1 amide bonds. The summed E-state index contributed by atoms with van der Waals surface area (Å²) in [5.74, 6) is -0.778. The van der Waals surface area contributed by atoms with Gasteiger partial charge in [0.15, 0.2) is 0 Å². The smallest absolute Gasteiger partial charge is 0.320 e. The van der Waals surface area contributed by atoms with Crippen molar-refractivity contribution < 1.29 is 18.0 Å². The van der Waals surface area contributed by atoms with E-state index in [4.69, 9.17) is 0 Å². The molecule has 102 valence electrons. The normalized spacial score (nSPS) is 16.9. The van der Waals surface area contributed by atoms with Crippen molar-refractivity contribution in [3.8, 4) is 0 Å². The van der Waals surface area contributed by atoms with Gasteiger partial charge in [0, 0.05) is 11.1 Å². The molecule has 3 heterocycles. The largest absolute Gasteiger partial charge is 0.418 e. The Morgan fingerprint density at radius 2 is 2.05 bits per heavy atom. The number of pyridine rings is 1. The van der Waals surface area contributed by atoms with Crippen molar-refractivity contribution in [3.05, 3.63) is 46.4 Å². The molecule has 0 spiro atoms. The molecule has 1 aliphatic rings. The predicted molar refractivity (Wildman–Crippen MR) is 70.1 cm³/mol. The number of hydrogen-bond acceptors (Lipinski definition) is 3. The van der Waals surface area contributed by atoms with E-state index in [2.05, 4.69) is 10.3 Å². The van der Waals surface area contributed by atoms with Crippen molar-refractivity contribution in [2.45, 2.75) is 6.18 Å². The number of nitrogens with zero attached hydrogens (tertiary/aromatic N) is 1. The van der Waals surface area contributed by atoms with Crippen LogP contribution in [0.5, 0.6) is 0 Å². The van der Waals surface area contributed by atoms with E-state index in [1.807, 2.05) is 0 Å². The van der Waals surface area contributed by atoms with Gasteiger partial charge in [0.05, 0.1) is 22.5 Å². The van der Waals surface area contributed by atoms with Crippen LogP contribution in [-0.2, 0) is 4.79 Å². The Balaban J connectivity index is 2.32. The zero-order chi connectivity index (χ0) is 14.3. The first-order valence-electron chi connectivity index (χ1n) is 5.60. The van der Waals surface area contributed by atoms with E-state index >= 15 is 0 Å². The highest BCUT2D eigenvalue weighted by Crippen LogP contribution is 2.44. The minimum Gasteiger partial charge on any atom is -0.320 e. The van der Waals surface area contributed by atoms with E-state index < -0.39 is 23.2 Å². The second-order valence-corrected chi connectivity index (χ2v) is 5.03. The predicted octanol–water partition coefficient (Wildman–Crippen LogP) is 3.57. The number of thiophene rings is 1. The van der Waals surface area contributed by atoms with Crippen molar-refractivity contribution in [1.29, 1.82) is 0 Å². The van der Waals surface area contributed by atoms with Gasteiger partial charge in [0.2, 0.25) is 0 Å². The summed E-state index contributed by atoms with van der Waals surface area (Å²) in [6, 6.07) is 5.93. The number of rotatable bonds is 1. The van der Waals surface area contributed by atoms with Gasteiger partial charge in [0.25, 0.3) is 5.91 Å². The Labute approximate surface area is 115 Å². The zero-order valence-corrected chi connectivity index (χ0v) is 10.7. The van der Waals surface area contributed by atoms with Crippen LogP contribution in [0.25, 0.3) is 11.1 Å². The lowest BCUT2D eigenvalue weighted by molar-refractivity contribution is -0.111. The molecule has 1 N–H and O–H groups in total. The molecule has 0 unspecified atom stereocenters. The minimum atomic E-state index is -4.63. The number of anilines is 1. The molecule has 3 rings (SSSR count). The van der Waals surface area contributed by atoms with Gasteiger partial charge < -0.3 is 5.32 Å². The van der Waals surface area contributed by atoms with Gasteiger partial charge >= 0.3 is 6.18 Å². The summed E-state index contributed by atoms with van der Waals surface area (Å²) in [6.45, 7) is 0. The van der Waals surface area contributed by atoms with Crippen LogP contribution in [0.4, 0.5) is 18.9 Å². The third-order valence-corrected chi connectivity index (χ3v) is 3.71. The zero-order valence-electron chi connectivity index (χ0n) is 9.86. The molecule has 1 aliphatic heterocycles. The number of alkyl halides is 3. The van der Waals surface area contributed by atoms with Gasteiger partial charge in [-0.15, -0.1) is 11.3 Å². The third-order valence-electron chi connectivity index (χ3n) is 2.82. The Kier molecular flexibility index (Phi) is 2.86. The first kappa shape index (κ1) is 12.9. The molecule has 20 heavy (non-hydrogen) atoms. The van der Waals surface area contributed by atoms with Crippen molar-refractivity contribution >= 4 is 34.1 Å². The molecule has 2 aromatic heterocycles. The highest BCUT2D eigenvalue weighted by Gasteiger charge is 2.43. The van der Waals surface area contributed by atoms with Crippen LogP contribution in [0.15, 0.2) is 35.8 Å². The SMILES string of the molecule is O=C1Nc2cccnc2C1=C(c1cccs1)C(F)(F)F.